The third-order valence-electron chi connectivity index (χ3n) is 4.92. The molecule has 0 radical (unpaired) electrons. The van der Waals surface area contributed by atoms with Crippen LogP contribution in [0.3, 0.4) is 0 Å². The van der Waals surface area contributed by atoms with Gasteiger partial charge in [0.15, 0.2) is 23.6 Å². The molecule has 4 rings (SSSR count). The largest absolute Gasteiger partial charge is 0.493 e. The first kappa shape index (κ1) is 20.8. The number of nitrogens with one attached hydrogen (secondary N) is 1. The van der Waals surface area contributed by atoms with Gasteiger partial charge < -0.3 is 14.8 Å². The molecule has 0 spiro atoms. The lowest BCUT2D eigenvalue weighted by molar-refractivity contribution is -0.123. The average molecular weight is 488 g/mol. The van der Waals surface area contributed by atoms with Gasteiger partial charge in [-0.2, -0.15) is 5.11 Å². The quantitative estimate of drug-likeness (QED) is 0.625. The summed E-state index contributed by atoms with van der Waals surface area (Å²) in [6.45, 7) is -0.244. The standard InChI is InChI=1S/C20H18BrN5O5/c1-30-14-8-5-12(9-15(14)31-2)22-16(27)10-25-18-17(23-24-25)19(28)26(20(18)29)13-6-3-11(21)4-7-13/h3-9,17-18H,10H2,1-2H3,(H,22,27)/t17-,18-/m1/s1. The maximum Gasteiger partial charge on any atom is 0.263 e. The number of fused-ring (bicyclic) bond motifs is 1. The van der Waals surface area contributed by atoms with Crippen molar-refractivity contribution < 1.29 is 23.9 Å². The van der Waals surface area contributed by atoms with Gasteiger partial charge in [-0.05, 0) is 36.4 Å². The van der Waals surface area contributed by atoms with Gasteiger partial charge in [-0.3, -0.25) is 19.4 Å². The third kappa shape index (κ3) is 3.83. The molecule has 31 heavy (non-hydrogen) atoms. The molecule has 2 heterocycles. The van der Waals surface area contributed by atoms with E-state index in [-0.39, 0.29) is 6.54 Å². The van der Waals surface area contributed by atoms with Crippen LogP contribution in [-0.2, 0) is 14.4 Å². The number of anilines is 2. The van der Waals surface area contributed by atoms with E-state index in [1.54, 1.807) is 42.5 Å². The van der Waals surface area contributed by atoms with Crippen LogP contribution >= 0.6 is 15.9 Å². The molecule has 0 bridgehead atoms. The van der Waals surface area contributed by atoms with Crippen LogP contribution in [0.25, 0.3) is 0 Å². The van der Waals surface area contributed by atoms with Crippen LogP contribution in [0.1, 0.15) is 0 Å². The van der Waals surface area contributed by atoms with Crippen LogP contribution in [-0.4, -0.2) is 55.6 Å². The fraction of sp³-hybridized carbons (Fsp3) is 0.250. The Morgan fingerprint density at radius 1 is 1.06 bits per heavy atom. The van der Waals surface area contributed by atoms with Crippen molar-refractivity contribution in [1.82, 2.24) is 5.01 Å². The number of nitrogens with zero attached hydrogens (tertiary/aromatic N) is 4. The third-order valence-corrected chi connectivity index (χ3v) is 5.44. The molecule has 10 nitrogen and oxygen atoms in total. The van der Waals surface area contributed by atoms with Gasteiger partial charge in [0.1, 0.15) is 6.54 Å². The van der Waals surface area contributed by atoms with Gasteiger partial charge >= 0.3 is 0 Å². The molecule has 2 aromatic rings. The number of carbonyl (C=O) groups excluding carboxylic acids is 3. The summed E-state index contributed by atoms with van der Waals surface area (Å²) in [7, 11) is 3.01. The molecule has 0 saturated carbocycles. The van der Waals surface area contributed by atoms with E-state index in [9.17, 15) is 14.4 Å². The number of methoxy groups -OCH3 is 2. The van der Waals surface area contributed by atoms with E-state index < -0.39 is 29.8 Å². The van der Waals surface area contributed by atoms with Crippen LogP contribution in [0.5, 0.6) is 11.5 Å². The highest BCUT2D eigenvalue weighted by atomic mass is 79.9. The van der Waals surface area contributed by atoms with Gasteiger partial charge in [0.05, 0.1) is 19.9 Å². The number of carbonyl (C=O) groups is 3. The topological polar surface area (TPSA) is 113 Å². The van der Waals surface area contributed by atoms with Crippen molar-refractivity contribution in [2.24, 2.45) is 10.3 Å². The van der Waals surface area contributed by atoms with Crippen LogP contribution in [0, 0.1) is 0 Å². The summed E-state index contributed by atoms with van der Waals surface area (Å²) in [6.07, 6.45) is 0. The van der Waals surface area contributed by atoms with E-state index in [4.69, 9.17) is 9.47 Å². The first-order valence-corrected chi connectivity index (χ1v) is 10.0. The lowest BCUT2D eigenvalue weighted by Gasteiger charge is -2.20. The molecule has 2 aromatic carbocycles. The summed E-state index contributed by atoms with van der Waals surface area (Å²) in [4.78, 5) is 39.3. The molecule has 1 saturated heterocycles. The van der Waals surface area contributed by atoms with Crippen molar-refractivity contribution in [1.29, 1.82) is 0 Å². The summed E-state index contributed by atoms with van der Waals surface area (Å²) in [5.41, 5.74) is 0.929. The Balaban J connectivity index is 1.46. The Labute approximate surface area is 185 Å². The van der Waals surface area contributed by atoms with E-state index >= 15 is 0 Å². The summed E-state index contributed by atoms with van der Waals surface area (Å²) in [6, 6.07) is 9.81. The zero-order chi connectivity index (χ0) is 22.1. The highest BCUT2D eigenvalue weighted by Crippen LogP contribution is 2.33. The van der Waals surface area contributed by atoms with E-state index in [0.717, 1.165) is 9.37 Å². The van der Waals surface area contributed by atoms with E-state index in [2.05, 4.69) is 31.6 Å². The maximum absolute atomic E-state index is 13.0. The smallest absolute Gasteiger partial charge is 0.263 e. The predicted octanol–water partition coefficient (Wildman–Crippen LogP) is 2.40. The number of imide groups is 1. The summed E-state index contributed by atoms with van der Waals surface area (Å²) in [5.74, 6) is -0.373. The molecule has 2 atom stereocenters. The molecule has 160 valence electrons. The zero-order valence-electron chi connectivity index (χ0n) is 16.6. The van der Waals surface area contributed by atoms with Crippen LogP contribution < -0.4 is 19.7 Å². The van der Waals surface area contributed by atoms with Crippen molar-refractivity contribution in [3.8, 4) is 11.5 Å². The van der Waals surface area contributed by atoms with Gasteiger partial charge in [0.2, 0.25) is 5.91 Å². The minimum absolute atomic E-state index is 0.244. The number of ether oxygens (including phenoxy) is 2. The molecule has 0 aliphatic carbocycles. The van der Waals surface area contributed by atoms with Crippen molar-refractivity contribution in [2.45, 2.75) is 12.1 Å². The second-order valence-corrected chi connectivity index (χ2v) is 7.71. The van der Waals surface area contributed by atoms with Crippen molar-refractivity contribution >= 4 is 45.0 Å². The Kier molecular flexibility index (Phi) is 5.59. The molecule has 11 heteroatoms. The molecule has 2 aliphatic heterocycles. The molecule has 0 aromatic heterocycles. The molecular formula is C20H18BrN5O5. The molecular weight excluding hydrogens is 470 g/mol. The second-order valence-electron chi connectivity index (χ2n) is 6.80. The van der Waals surface area contributed by atoms with Gasteiger partial charge in [-0.15, -0.1) is 0 Å². The molecule has 2 aliphatic rings. The molecule has 1 fully saturated rings. The second kappa shape index (κ2) is 8.34. The molecule has 0 unspecified atom stereocenters. The van der Waals surface area contributed by atoms with E-state index in [1.807, 2.05) is 0 Å². The first-order valence-electron chi connectivity index (χ1n) is 9.25. The Morgan fingerprint density at radius 3 is 2.45 bits per heavy atom. The van der Waals surface area contributed by atoms with Crippen LogP contribution in [0.4, 0.5) is 11.4 Å². The Morgan fingerprint density at radius 2 is 1.77 bits per heavy atom. The highest BCUT2D eigenvalue weighted by Gasteiger charge is 2.55. The lowest BCUT2D eigenvalue weighted by atomic mass is 10.1. The number of rotatable bonds is 6. The van der Waals surface area contributed by atoms with E-state index in [0.29, 0.717) is 22.9 Å². The summed E-state index contributed by atoms with van der Waals surface area (Å²) in [5, 5.41) is 11.8. The van der Waals surface area contributed by atoms with Crippen molar-refractivity contribution in [3.05, 3.63) is 46.9 Å². The zero-order valence-corrected chi connectivity index (χ0v) is 18.2. The fourth-order valence-electron chi connectivity index (χ4n) is 3.46. The average Bonchev–Trinajstić information content (AvgIpc) is 3.28. The van der Waals surface area contributed by atoms with Gasteiger partial charge in [-0.25, -0.2) is 4.90 Å². The molecule has 1 N–H and O–H groups in total. The highest BCUT2D eigenvalue weighted by molar-refractivity contribution is 9.10. The maximum atomic E-state index is 13.0. The predicted molar refractivity (Wildman–Crippen MR) is 114 cm³/mol. The Bertz CT molecular complexity index is 1070. The first-order chi connectivity index (χ1) is 14.9. The van der Waals surface area contributed by atoms with Crippen LogP contribution in [0.2, 0.25) is 0 Å². The summed E-state index contributed by atoms with van der Waals surface area (Å²) >= 11 is 3.32. The molecule has 3 amide bonds. The van der Waals surface area contributed by atoms with Crippen LogP contribution in [0.15, 0.2) is 57.3 Å². The Hall–Kier alpha value is -3.47. The summed E-state index contributed by atoms with van der Waals surface area (Å²) < 4.78 is 11.2. The number of hydrogen-bond acceptors (Lipinski definition) is 8. The number of hydrogen-bond donors (Lipinski definition) is 1. The van der Waals surface area contributed by atoms with Gasteiger partial charge in [0.25, 0.3) is 11.8 Å². The minimum Gasteiger partial charge on any atom is -0.493 e. The lowest BCUT2D eigenvalue weighted by Crippen LogP contribution is -2.43. The number of benzene rings is 2. The van der Waals surface area contributed by atoms with Gasteiger partial charge in [-0.1, -0.05) is 21.2 Å². The van der Waals surface area contributed by atoms with Crippen molar-refractivity contribution in [3.63, 3.8) is 0 Å². The fourth-order valence-corrected chi connectivity index (χ4v) is 3.72. The van der Waals surface area contributed by atoms with Crippen molar-refractivity contribution in [2.75, 3.05) is 31.0 Å². The normalized spacial score (nSPS) is 19.6. The van der Waals surface area contributed by atoms with Gasteiger partial charge in [0, 0.05) is 16.2 Å². The number of amides is 3. The van der Waals surface area contributed by atoms with E-state index in [1.165, 1.54) is 19.2 Å². The minimum atomic E-state index is -0.968. The SMILES string of the molecule is COc1ccc(NC(=O)CN2N=N[C@H]3C(=O)N(c4ccc(Br)cc4)C(=O)[C@@H]32)cc1OC. The monoisotopic (exact) mass is 487 g/mol. The number of halogens is 1.